The molecule has 2 rings (SSSR count). The fourth-order valence-corrected chi connectivity index (χ4v) is 5.48. The van der Waals surface area contributed by atoms with Crippen molar-refractivity contribution in [2.75, 3.05) is 37.9 Å². The number of carbonyl (C=O) groups excluding carboxylic acids is 2. The second-order valence-electron chi connectivity index (χ2n) is 8.06. The van der Waals surface area contributed by atoms with Crippen LogP contribution in [0.3, 0.4) is 0 Å². The summed E-state index contributed by atoms with van der Waals surface area (Å²) in [5.74, 6) is 0.363. The number of rotatable bonds is 18. The molecule has 0 heterocycles. The van der Waals surface area contributed by atoms with Gasteiger partial charge >= 0.3 is 11.9 Å². The monoisotopic (exact) mass is 576 g/mol. The lowest BCUT2D eigenvalue weighted by Gasteiger charge is -2.17. The molecule has 0 aliphatic heterocycles. The molecule has 38 heavy (non-hydrogen) atoms. The Morgan fingerprint density at radius 1 is 0.789 bits per heavy atom. The zero-order valence-corrected chi connectivity index (χ0v) is 24.6. The maximum absolute atomic E-state index is 11.9. The van der Waals surface area contributed by atoms with Crippen molar-refractivity contribution in [2.24, 2.45) is 0 Å². The third-order valence-electron chi connectivity index (χ3n) is 4.84. The van der Waals surface area contributed by atoms with Crippen LogP contribution >= 0.6 is 35.3 Å². The highest BCUT2D eigenvalue weighted by Crippen LogP contribution is 2.31. The molecule has 0 radical (unpaired) electrons. The van der Waals surface area contributed by atoms with E-state index in [4.69, 9.17) is 18.9 Å². The Hall–Kier alpha value is -2.17. The summed E-state index contributed by atoms with van der Waals surface area (Å²) in [5, 5.41) is 0. The summed E-state index contributed by atoms with van der Waals surface area (Å²) in [4.78, 5) is 27.9. The third-order valence-corrected chi connectivity index (χ3v) is 8.15. The molecule has 0 aliphatic rings. The fraction of sp³-hybridized carbons (Fsp3) is 0.379. The molecule has 2 unspecified atom stereocenters. The van der Waals surface area contributed by atoms with Crippen molar-refractivity contribution in [2.45, 2.75) is 52.6 Å². The Morgan fingerprint density at radius 2 is 1.21 bits per heavy atom. The van der Waals surface area contributed by atoms with Crippen LogP contribution in [-0.2, 0) is 28.5 Å². The maximum Gasteiger partial charge on any atom is 0.333 e. The Kier molecular flexibility index (Phi) is 15.3. The van der Waals surface area contributed by atoms with Crippen LogP contribution in [0.2, 0.25) is 0 Å². The Bertz CT molecular complexity index is 1020. The minimum Gasteiger partial charge on any atom is -0.456 e. The van der Waals surface area contributed by atoms with Crippen molar-refractivity contribution in [1.82, 2.24) is 0 Å². The summed E-state index contributed by atoms with van der Waals surface area (Å²) >= 11 is 4.92. The van der Waals surface area contributed by atoms with E-state index in [0.717, 1.165) is 19.6 Å². The van der Waals surface area contributed by atoms with Crippen molar-refractivity contribution in [1.29, 1.82) is 0 Å². The van der Waals surface area contributed by atoms with Crippen LogP contribution in [0.4, 0.5) is 0 Å². The molecule has 2 aromatic rings. The van der Waals surface area contributed by atoms with Crippen molar-refractivity contribution >= 4 is 47.2 Å². The van der Waals surface area contributed by atoms with Crippen LogP contribution in [0.15, 0.2) is 92.9 Å². The first-order valence-electron chi connectivity index (χ1n) is 12.3. The number of ether oxygens (including phenoxy) is 4. The Morgan fingerprint density at radius 3 is 1.61 bits per heavy atom. The second-order valence-corrected chi connectivity index (χ2v) is 11.4. The average molecular weight is 577 g/mol. The molecule has 206 valence electrons. The number of esters is 2. The lowest BCUT2D eigenvalue weighted by Crippen LogP contribution is -2.26. The quantitative estimate of drug-likeness (QED) is 0.110. The molecule has 0 N–H and O–H groups in total. The lowest BCUT2D eigenvalue weighted by atomic mass is 10.3. The summed E-state index contributed by atoms with van der Waals surface area (Å²) in [6.45, 7) is 14.4. The van der Waals surface area contributed by atoms with Crippen molar-refractivity contribution in [3.63, 3.8) is 0 Å². The number of hydrogen-bond acceptors (Lipinski definition) is 9. The third kappa shape index (κ3) is 12.6. The SMILES string of the molecule is C=CC(=O)OC(COCC)CSc1ccc(Sc2ccc(SCC(COCC)OC(=O)C(=C)C)cc2)cc1. The molecular weight excluding hydrogens is 541 g/mol. The molecule has 0 aromatic heterocycles. The van der Waals surface area contributed by atoms with Crippen LogP contribution < -0.4 is 0 Å². The summed E-state index contributed by atoms with van der Waals surface area (Å²) in [6, 6.07) is 16.6. The Labute approximate surface area is 238 Å². The van der Waals surface area contributed by atoms with Gasteiger partial charge in [-0.05, 0) is 69.3 Å². The van der Waals surface area contributed by atoms with E-state index in [-0.39, 0.29) is 12.2 Å². The van der Waals surface area contributed by atoms with Gasteiger partial charge in [0.25, 0.3) is 0 Å². The summed E-state index contributed by atoms with van der Waals surface area (Å²) in [7, 11) is 0. The molecule has 0 saturated carbocycles. The van der Waals surface area contributed by atoms with E-state index in [1.165, 1.54) is 6.08 Å². The predicted molar refractivity (Wildman–Crippen MR) is 156 cm³/mol. The first kappa shape index (κ1) is 32.0. The van der Waals surface area contributed by atoms with E-state index in [1.54, 1.807) is 42.2 Å². The van der Waals surface area contributed by atoms with Crippen molar-refractivity contribution in [3.05, 3.63) is 73.3 Å². The van der Waals surface area contributed by atoms with Gasteiger partial charge in [0, 0.05) is 56.0 Å². The Balaban J connectivity index is 1.86. The van der Waals surface area contributed by atoms with Crippen LogP contribution in [0.1, 0.15) is 20.8 Å². The van der Waals surface area contributed by atoms with Crippen LogP contribution in [-0.4, -0.2) is 62.1 Å². The highest BCUT2D eigenvalue weighted by Gasteiger charge is 2.16. The minimum atomic E-state index is -0.442. The molecule has 6 nitrogen and oxygen atoms in total. The fourth-order valence-electron chi connectivity index (χ4n) is 2.92. The zero-order valence-electron chi connectivity index (χ0n) is 22.2. The van der Waals surface area contributed by atoms with Gasteiger partial charge in [-0.3, -0.25) is 0 Å². The second kappa shape index (κ2) is 18.2. The first-order chi connectivity index (χ1) is 18.3. The van der Waals surface area contributed by atoms with Gasteiger partial charge in [0.1, 0.15) is 12.2 Å². The van der Waals surface area contributed by atoms with Crippen LogP contribution in [0, 0.1) is 0 Å². The van der Waals surface area contributed by atoms with E-state index in [9.17, 15) is 9.59 Å². The number of thioether (sulfide) groups is 2. The van der Waals surface area contributed by atoms with E-state index in [1.807, 2.05) is 13.8 Å². The number of benzene rings is 2. The van der Waals surface area contributed by atoms with Gasteiger partial charge in [0.05, 0.1) is 13.2 Å². The van der Waals surface area contributed by atoms with Gasteiger partial charge in [-0.25, -0.2) is 9.59 Å². The van der Waals surface area contributed by atoms with Crippen LogP contribution in [0.25, 0.3) is 0 Å². The molecule has 0 spiro atoms. The average Bonchev–Trinajstić information content (AvgIpc) is 2.92. The molecular formula is C29H36O6S3. The molecule has 0 amide bonds. The smallest absolute Gasteiger partial charge is 0.333 e. The molecule has 2 atom stereocenters. The summed E-state index contributed by atoms with van der Waals surface area (Å²) in [5.41, 5.74) is 0.379. The summed E-state index contributed by atoms with van der Waals surface area (Å²) in [6.07, 6.45) is 0.503. The van der Waals surface area contributed by atoms with Gasteiger partial charge in [0.2, 0.25) is 0 Å². The molecule has 0 saturated heterocycles. The van der Waals surface area contributed by atoms with Gasteiger partial charge < -0.3 is 18.9 Å². The standard InChI is InChI=1S/C29H36O6S3/c1-6-28(30)34-22(17-32-7-2)19-36-24-9-13-26(14-10-24)38-27-15-11-25(12-16-27)37-20-23(18-33-8-3)35-29(31)21(4)5/h6,9-16,22-23H,1,4,7-8,17-20H2,2-3,5H3. The largest absolute Gasteiger partial charge is 0.456 e. The van der Waals surface area contributed by atoms with Crippen molar-refractivity contribution in [3.8, 4) is 0 Å². The summed E-state index contributed by atoms with van der Waals surface area (Å²) < 4.78 is 21.8. The maximum atomic E-state index is 11.9. The van der Waals surface area contributed by atoms with Gasteiger partial charge in [0.15, 0.2) is 0 Å². The number of hydrogen-bond donors (Lipinski definition) is 0. The minimum absolute atomic E-state index is 0.330. The van der Waals surface area contributed by atoms with Gasteiger partial charge in [-0.2, -0.15) is 0 Å². The molecule has 0 fully saturated rings. The molecule has 2 aromatic carbocycles. The van der Waals surface area contributed by atoms with Gasteiger partial charge in [-0.1, -0.05) is 24.9 Å². The molecule has 0 aliphatic carbocycles. The van der Waals surface area contributed by atoms with Crippen molar-refractivity contribution < 1.29 is 28.5 Å². The normalized spacial score (nSPS) is 12.4. The predicted octanol–water partition coefficient (Wildman–Crippen LogP) is 6.68. The van der Waals surface area contributed by atoms with Gasteiger partial charge in [-0.15, -0.1) is 23.5 Å². The van der Waals surface area contributed by atoms with E-state index in [2.05, 4.69) is 61.7 Å². The molecule has 9 heteroatoms. The first-order valence-corrected chi connectivity index (χ1v) is 15.1. The topological polar surface area (TPSA) is 71.1 Å². The van der Waals surface area contributed by atoms with E-state index < -0.39 is 11.9 Å². The zero-order chi connectivity index (χ0) is 27.8. The van der Waals surface area contributed by atoms with Crippen LogP contribution in [0.5, 0.6) is 0 Å². The molecule has 0 bridgehead atoms. The van der Waals surface area contributed by atoms with E-state index in [0.29, 0.717) is 43.5 Å². The lowest BCUT2D eigenvalue weighted by molar-refractivity contribution is -0.146. The van der Waals surface area contributed by atoms with E-state index >= 15 is 0 Å². The highest BCUT2D eigenvalue weighted by atomic mass is 32.2. The highest BCUT2D eigenvalue weighted by molar-refractivity contribution is 8.00. The number of carbonyl (C=O) groups is 2.